The van der Waals surface area contributed by atoms with Gasteiger partial charge in [0.25, 0.3) is 0 Å². The molecule has 0 saturated carbocycles. The van der Waals surface area contributed by atoms with E-state index >= 15 is 0 Å². The van der Waals surface area contributed by atoms with E-state index in [-0.39, 0.29) is 23.2 Å². The summed E-state index contributed by atoms with van der Waals surface area (Å²) < 4.78 is 39.4. The molecule has 0 fully saturated rings. The molecule has 0 heterocycles. The summed E-state index contributed by atoms with van der Waals surface area (Å²) in [6, 6.07) is 9.27. The Morgan fingerprint density at radius 2 is 1.76 bits per heavy atom. The van der Waals surface area contributed by atoms with Gasteiger partial charge >= 0.3 is 0 Å². The molecule has 0 bridgehead atoms. The van der Waals surface area contributed by atoms with Crippen molar-refractivity contribution in [3.05, 3.63) is 63.9 Å². The van der Waals surface area contributed by atoms with E-state index in [0.717, 1.165) is 35.5 Å². The van der Waals surface area contributed by atoms with Crippen molar-refractivity contribution in [2.75, 3.05) is 23.7 Å². The van der Waals surface area contributed by atoms with Gasteiger partial charge in [-0.1, -0.05) is 48.7 Å². The molecule has 34 heavy (non-hydrogen) atoms. The number of halogens is 3. The van der Waals surface area contributed by atoms with E-state index in [0.29, 0.717) is 17.1 Å². The highest BCUT2D eigenvalue weighted by atomic mass is 35.5. The first-order valence-electron chi connectivity index (χ1n) is 10.7. The van der Waals surface area contributed by atoms with Crippen molar-refractivity contribution < 1.29 is 22.4 Å². The van der Waals surface area contributed by atoms with Crippen LogP contribution in [-0.2, 0) is 26.2 Å². The number of unbranched alkanes of at least 4 members (excludes halogenated alkanes) is 1. The fourth-order valence-corrected chi connectivity index (χ4v) is 4.30. The van der Waals surface area contributed by atoms with E-state index < -0.39 is 34.3 Å². The molecule has 0 saturated heterocycles. The highest BCUT2D eigenvalue weighted by Gasteiger charge is 2.30. The number of rotatable bonds is 11. The summed E-state index contributed by atoms with van der Waals surface area (Å²) in [4.78, 5) is 27.4. The lowest BCUT2D eigenvalue weighted by Gasteiger charge is -2.31. The molecule has 2 aromatic carbocycles. The number of hydrogen-bond donors (Lipinski definition) is 1. The zero-order valence-corrected chi connectivity index (χ0v) is 21.6. The van der Waals surface area contributed by atoms with Crippen LogP contribution in [0.25, 0.3) is 0 Å². The lowest BCUT2D eigenvalue weighted by atomic mass is 10.1. The first kappa shape index (κ1) is 27.9. The average molecular weight is 532 g/mol. The van der Waals surface area contributed by atoms with Crippen LogP contribution in [0.5, 0.6) is 0 Å². The Morgan fingerprint density at radius 3 is 2.32 bits per heavy atom. The van der Waals surface area contributed by atoms with Gasteiger partial charge in [0.2, 0.25) is 21.8 Å². The number of carbonyl (C=O) groups excluding carboxylic acids is 2. The van der Waals surface area contributed by atoms with Crippen LogP contribution in [0.4, 0.5) is 10.1 Å². The maximum atomic E-state index is 13.6. The largest absolute Gasteiger partial charge is 0.354 e. The summed E-state index contributed by atoms with van der Waals surface area (Å²) >= 11 is 11.8. The molecular weight excluding hydrogens is 504 g/mol. The minimum Gasteiger partial charge on any atom is -0.354 e. The molecule has 0 aliphatic carbocycles. The highest BCUT2D eigenvalue weighted by Crippen LogP contribution is 2.25. The van der Waals surface area contributed by atoms with E-state index in [1.165, 1.54) is 11.0 Å². The third-order valence-corrected chi connectivity index (χ3v) is 6.82. The van der Waals surface area contributed by atoms with Gasteiger partial charge in [0.1, 0.15) is 18.4 Å². The molecule has 0 spiro atoms. The normalized spacial score (nSPS) is 12.2. The standard InChI is InChI=1S/C23H28Cl2FN3O4S/c1-4-5-12-27-23(31)16(2)28(14-17-6-8-18(24)9-7-17)22(30)15-29(34(3,32)33)19-10-11-21(26)20(25)13-19/h6-11,13,16H,4-5,12,14-15H2,1-3H3,(H,27,31)/t16-/m1/s1. The number of benzene rings is 2. The van der Waals surface area contributed by atoms with Crippen molar-refractivity contribution in [1.29, 1.82) is 0 Å². The third-order valence-electron chi connectivity index (χ3n) is 5.13. The Morgan fingerprint density at radius 1 is 1.12 bits per heavy atom. The fraction of sp³-hybridized carbons (Fsp3) is 0.391. The van der Waals surface area contributed by atoms with E-state index in [1.54, 1.807) is 31.2 Å². The van der Waals surface area contributed by atoms with Gasteiger partial charge in [0, 0.05) is 18.1 Å². The first-order valence-corrected chi connectivity index (χ1v) is 13.3. The Hall–Kier alpha value is -2.36. The Kier molecular flexibility index (Phi) is 10.1. The summed E-state index contributed by atoms with van der Waals surface area (Å²) in [5, 5.41) is 3.04. The fourth-order valence-electron chi connectivity index (χ4n) is 3.16. The number of carbonyl (C=O) groups is 2. The Balaban J connectivity index is 2.35. The zero-order valence-electron chi connectivity index (χ0n) is 19.2. The van der Waals surface area contributed by atoms with Gasteiger partial charge in [-0.3, -0.25) is 13.9 Å². The lowest BCUT2D eigenvalue weighted by Crippen LogP contribution is -2.51. The zero-order chi connectivity index (χ0) is 25.5. The molecule has 11 heteroatoms. The van der Waals surface area contributed by atoms with Crippen LogP contribution in [-0.4, -0.2) is 50.5 Å². The van der Waals surface area contributed by atoms with Crippen LogP contribution in [0.3, 0.4) is 0 Å². The quantitative estimate of drug-likeness (QED) is 0.439. The van der Waals surface area contributed by atoms with E-state index in [2.05, 4.69) is 5.32 Å². The minimum absolute atomic E-state index is 0.0359. The monoisotopic (exact) mass is 531 g/mol. The van der Waals surface area contributed by atoms with Crippen LogP contribution in [0, 0.1) is 5.82 Å². The number of nitrogens with zero attached hydrogens (tertiary/aromatic N) is 2. The van der Waals surface area contributed by atoms with Crippen LogP contribution in [0.15, 0.2) is 42.5 Å². The van der Waals surface area contributed by atoms with Crippen molar-refractivity contribution in [3.8, 4) is 0 Å². The van der Waals surface area contributed by atoms with E-state index in [1.807, 2.05) is 6.92 Å². The van der Waals surface area contributed by atoms with Gasteiger partial charge in [-0.25, -0.2) is 12.8 Å². The number of anilines is 1. The molecule has 1 atom stereocenters. The molecule has 0 radical (unpaired) electrons. The average Bonchev–Trinajstić information content (AvgIpc) is 2.77. The van der Waals surface area contributed by atoms with Crippen molar-refractivity contribution in [2.45, 2.75) is 39.3 Å². The van der Waals surface area contributed by atoms with E-state index in [4.69, 9.17) is 23.2 Å². The molecule has 2 aromatic rings. The van der Waals surface area contributed by atoms with Gasteiger partial charge in [-0.05, 0) is 49.2 Å². The summed E-state index contributed by atoms with van der Waals surface area (Å²) in [7, 11) is -3.93. The second kappa shape index (κ2) is 12.4. The molecule has 2 amide bonds. The molecule has 0 aromatic heterocycles. The summed E-state index contributed by atoms with van der Waals surface area (Å²) in [5.41, 5.74) is 0.746. The molecular formula is C23H28Cl2FN3O4S. The van der Waals surface area contributed by atoms with Crippen LogP contribution < -0.4 is 9.62 Å². The number of amides is 2. The van der Waals surface area contributed by atoms with Crippen molar-refractivity contribution in [1.82, 2.24) is 10.2 Å². The van der Waals surface area contributed by atoms with Crippen LogP contribution in [0.2, 0.25) is 10.0 Å². The molecule has 2 rings (SSSR count). The molecule has 0 aliphatic rings. The van der Waals surface area contributed by atoms with Crippen molar-refractivity contribution in [3.63, 3.8) is 0 Å². The SMILES string of the molecule is CCCCNC(=O)[C@@H](C)N(Cc1ccc(Cl)cc1)C(=O)CN(c1ccc(F)c(Cl)c1)S(C)(=O)=O. The van der Waals surface area contributed by atoms with Gasteiger partial charge in [-0.2, -0.15) is 0 Å². The van der Waals surface area contributed by atoms with Crippen molar-refractivity contribution >= 4 is 50.7 Å². The highest BCUT2D eigenvalue weighted by molar-refractivity contribution is 7.92. The second-order valence-corrected chi connectivity index (χ2v) is 10.6. The van der Waals surface area contributed by atoms with Gasteiger partial charge in [0.05, 0.1) is 17.0 Å². The number of nitrogens with one attached hydrogen (secondary N) is 1. The van der Waals surface area contributed by atoms with Gasteiger partial charge in [-0.15, -0.1) is 0 Å². The molecule has 0 aliphatic heterocycles. The lowest BCUT2D eigenvalue weighted by molar-refractivity contribution is -0.139. The number of hydrogen-bond acceptors (Lipinski definition) is 4. The Labute approximate surface area is 209 Å². The molecule has 186 valence electrons. The maximum absolute atomic E-state index is 13.6. The summed E-state index contributed by atoms with van der Waals surface area (Å²) in [5.74, 6) is -1.68. The van der Waals surface area contributed by atoms with Crippen LogP contribution >= 0.6 is 23.2 Å². The van der Waals surface area contributed by atoms with Crippen LogP contribution in [0.1, 0.15) is 32.3 Å². The summed E-state index contributed by atoms with van der Waals surface area (Å²) in [6.45, 7) is 3.50. The topological polar surface area (TPSA) is 86.8 Å². The van der Waals surface area contributed by atoms with E-state index in [9.17, 15) is 22.4 Å². The predicted molar refractivity (Wildman–Crippen MR) is 133 cm³/mol. The third kappa shape index (κ3) is 7.85. The predicted octanol–water partition coefficient (Wildman–Crippen LogP) is 4.23. The van der Waals surface area contributed by atoms with Crippen molar-refractivity contribution in [2.24, 2.45) is 0 Å². The van der Waals surface area contributed by atoms with Gasteiger partial charge < -0.3 is 10.2 Å². The Bertz CT molecular complexity index is 1110. The van der Waals surface area contributed by atoms with Gasteiger partial charge in [0.15, 0.2) is 0 Å². The molecule has 0 unspecified atom stereocenters. The second-order valence-electron chi connectivity index (χ2n) is 7.84. The molecule has 7 nitrogen and oxygen atoms in total. The first-order chi connectivity index (χ1) is 15.9. The summed E-state index contributed by atoms with van der Waals surface area (Å²) in [6.07, 6.45) is 2.62. The molecule has 1 N–H and O–H groups in total. The smallest absolute Gasteiger partial charge is 0.244 e. The minimum atomic E-state index is -3.93. The number of sulfonamides is 1. The maximum Gasteiger partial charge on any atom is 0.244 e.